The van der Waals surface area contributed by atoms with Crippen LogP contribution < -0.4 is 5.11 Å². The number of rotatable bonds is 4. The Balaban J connectivity index is 2.43. The highest BCUT2D eigenvalue weighted by Gasteiger charge is 2.45. The predicted molar refractivity (Wildman–Crippen MR) is 70.9 cm³/mol. The fraction of sp³-hybridized carbons (Fsp3) is 0.500. The minimum atomic E-state index is -4.82. The standard InChI is InChI=1S/C14H15F3O5S/c1-22-11-7-8(6-9(11)13(18)19)23(20,21)12-5-3-2-4-10(12)14(15,16)17/h2-5,8-9,11H,6-7H2,1H3,(H,18,19)/p-1/t8-,9+,11-/m0/s1. The van der Waals surface area contributed by atoms with Crippen molar-refractivity contribution >= 4 is 15.8 Å². The lowest BCUT2D eigenvalue weighted by molar-refractivity contribution is -0.313. The van der Waals surface area contributed by atoms with E-state index < -0.39 is 49.7 Å². The van der Waals surface area contributed by atoms with Crippen molar-refractivity contribution < 1.29 is 36.2 Å². The molecule has 0 bridgehead atoms. The number of methoxy groups -OCH3 is 1. The molecule has 1 aliphatic carbocycles. The van der Waals surface area contributed by atoms with Gasteiger partial charge in [-0.15, -0.1) is 0 Å². The molecule has 0 radical (unpaired) electrons. The van der Waals surface area contributed by atoms with E-state index in [2.05, 4.69) is 0 Å². The van der Waals surface area contributed by atoms with Crippen LogP contribution in [0, 0.1) is 5.92 Å². The van der Waals surface area contributed by atoms with Gasteiger partial charge in [0.15, 0.2) is 9.84 Å². The number of benzene rings is 1. The fourth-order valence-electron chi connectivity index (χ4n) is 2.84. The van der Waals surface area contributed by atoms with E-state index in [-0.39, 0.29) is 12.8 Å². The highest BCUT2D eigenvalue weighted by Crippen LogP contribution is 2.40. The van der Waals surface area contributed by atoms with Crippen LogP contribution in [0.4, 0.5) is 13.2 Å². The van der Waals surface area contributed by atoms with E-state index >= 15 is 0 Å². The highest BCUT2D eigenvalue weighted by molar-refractivity contribution is 7.92. The number of hydrogen-bond acceptors (Lipinski definition) is 5. The molecule has 2 rings (SSSR count). The third kappa shape index (κ3) is 3.35. The quantitative estimate of drug-likeness (QED) is 0.809. The summed E-state index contributed by atoms with van der Waals surface area (Å²) in [5, 5.41) is 9.78. The van der Waals surface area contributed by atoms with E-state index in [1.807, 2.05) is 0 Å². The third-order valence-corrected chi connectivity index (χ3v) is 6.24. The van der Waals surface area contributed by atoms with Crippen molar-refractivity contribution in [3.05, 3.63) is 29.8 Å². The van der Waals surface area contributed by atoms with Gasteiger partial charge in [-0.1, -0.05) is 12.1 Å². The van der Waals surface area contributed by atoms with Crippen LogP contribution in [0.2, 0.25) is 0 Å². The molecule has 23 heavy (non-hydrogen) atoms. The van der Waals surface area contributed by atoms with Crippen molar-refractivity contribution in [1.29, 1.82) is 0 Å². The van der Waals surface area contributed by atoms with E-state index in [1.54, 1.807) is 0 Å². The molecule has 1 saturated carbocycles. The van der Waals surface area contributed by atoms with Crippen LogP contribution in [0.25, 0.3) is 0 Å². The van der Waals surface area contributed by atoms with Crippen molar-refractivity contribution in [1.82, 2.24) is 0 Å². The van der Waals surface area contributed by atoms with E-state index in [4.69, 9.17) is 4.74 Å². The molecule has 0 heterocycles. The summed E-state index contributed by atoms with van der Waals surface area (Å²) in [5.41, 5.74) is -1.26. The maximum atomic E-state index is 13.0. The van der Waals surface area contributed by atoms with E-state index in [9.17, 15) is 31.5 Å². The molecule has 0 unspecified atom stereocenters. The van der Waals surface area contributed by atoms with Crippen molar-refractivity contribution in [2.75, 3.05) is 7.11 Å². The molecule has 0 amide bonds. The Bertz CT molecular complexity index is 699. The fourth-order valence-corrected chi connectivity index (χ4v) is 4.87. The zero-order valence-corrected chi connectivity index (χ0v) is 12.9. The molecule has 1 aliphatic rings. The summed E-state index contributed by atoms with van der Waals surface area (Å²) in [5.74, 6) is -2.64. The molecule has 0 N–H and O–H groups in total. The van der Waals surface area contributed by atoms with Crippen LogP contribution in [-0.2, 0) is 25.5 Å². The van der Waals surface area contributed by atoms with Gasteiger partial charge < -0.3 is 14.6 Å². The molecule has 9 heteroatoms. The molecule has 128 valence electrons. The predicted octanol–water partition coefficient (Wildman–Crippen LogP) is 1.02. The Morgan fingerprint density at radius 1 is 1.26 bits per heavy atom. The van der Waals surface area contributed by atoms with Gasteiger partial charge in [0.1, 0.15) is 0 Å². The number of hydrogen-bond donors (Lipinski definition) is 0. The zero-order chi connectivity index (χ0) is 17.4. The molecule has 0 spiro atoms. The molecule has 1 aromatic carbocycles. The second-order valence-corrected chi connectivity index (χ2v) is 7.53. The average Bonchev–Trinajstić information content (AvgIpc) is 2.91. The summed E-state index contributed by atoms with van der Waals surface area (Å²) >= 11 is 0. The Labute approximate surface area is 131 Å². The number of ether oxygens (including phenoxy) is 1. The van der Waals surface area contributed by atoms with Crippen LogP contribution in [-0.4, -0.2) is 32.9 Å². The summed E-state index contributed by atoms with van der Waals surface area (Å²) < 4.78 is 69.1. The van der Waals surface area contributed by atoms with Crippen molar-refractivity contribution in [3.63, 3.8) is 0 Å². The number of aliphatic carboxylic acids is 1. The Kier molecular flexibility index (Phi) is 4.72. The van der Waals surface area contributed by atoms with Gasteiger partial charge in [-0.2, -0.15) is 13.2 Å². The summed E-state index contributed by atoms with van der Waals surface area (Å²) in [6.45, 7) is 0. The van der Waals surface area contributed by atoms with Crippen LogP contribution >= 0.6 is 0 Å². The molecule has 0 aromatic heterocycles. The van der Waals surface area contributed by atoms with Crippen LogP contribution in [0.5, 0.6) is 0 Å². The van der Waals surface area contributed by atoms with Crippen molar-refractivity contribution in [3.8, 4) is 0 Å². The summed E-state index contributed by atoms with van der Waals surface area (Å²) in [6.07, 6.45) is -6.26. The lowest BCUT2D eigenvalue weighted by Crippen LogP contribution is -2.36. The number of carboxylic acid groups (broad SMARTS) is 1. The maximum Gasteiger partial charge on any atom is 0.417 e. The van der Waals surface area contributed by atoms with Gasteiger partial charge >= 0.3 is 6.18 Å². The maximum absolute atomic E-state index is 13.0. The molecular formula is C14H14F3O5S-. The van der Waals surface area contributed by atoms with Crippen LogP contribution in [0.3, 0.4) is 0 Å². The SMILES string of the molecule is CO[C@H]1C[C@@H](S(=O)(=O)c2ccccc2C(F)(F)F)C[C@H]1C(=O)[O-]. The van der Waals surface area contributed by atoms with Gasteiger partial charge in [-0.05, 0) is 25.0 Å². The number of halogens is 3. The lowest BCUT2D eigenvalue weighted by atomic mass is 10.1. The third-order valence-electron chi connectivity index (χ3n) is 4.00. The minimum absolute atomic E-state index is 0.191. The number of carbonyl (C=O) groups is 1. The monoisotopic (exact) mass is 351 g/mol. The first kappa shape index (κ1) is 17.7. The van der Waals surface area contributed by atoms with Crippen molar-refractivity contribution in [2.24, 2.45) is 5.92 Å². The number of carboxylic acids is 1. The lowest BCUT2D eigenvalue weighted by Gasteiger charge is -2.18. The van der Waals surface area contributed by atoms with Gasteiger partial charge in [0.05, 0.1) is 21.8 Å². The smallest absolute Gasteiger partial charge is 0.417 e. The number of alkyl halides is 3. The van der Waals surface area contributed by atoms with E-state index in [0.29, 0.717) is 6.07 Å². The second kappa shape index (κ2) is 6.12. The van der Waals surface area contributed by atoms with Gasteiger partial charge in [0.25, 0.3) is 0 Å². The van der Waals surface area contributed by atoms with Gasteiger partial charge in [-0.3, -0.25) is 0 Å². The van der Waals surface area contributed by atoms with Crippen LogP contribution in [0.15, 0.2) is 29.2 Å². The highest BCUT2D eigenvalue weighted by atomic mass is 32.2. The van der Waals surface area contributed by atoms with Crippen molar-refractivity contribution in [2.45, 2.75) is 35.3 Å². The summed E-state index contributed by atoms with van der Waals surface area (Å²) in [6, 6.07) is 3.86. The second-order valence-electron chi connectivity index (χ2n) is 5.33. The topological polar surface area (TPSA) is 83.5 Å². The normalized spacial score (nSPS) is 25.5. The molecule has 0 aliphatic heterocycles. The summed E-state index contributed by atoms with van der Waals surface area (Å²) in [7, 11) is -3.13. The van der Waals surface area contributed by atoms with Gasteiger partial charge in [0.2, 0.25) is 0 Å². The minimum Gasteiger partial charge on any atom is -0.550 e. The average molecular weight is 351 g/mol. The molecular weight excluding hydrogens is 337 g/mol. The first-order valence-corrected chi connectivity index (χ1v) is 8.27. The molecule has 1 fully saturated rings. The molecule has 0 saturated heterocycles. The number of carbonyl (C=O) groups excluding carboxylic acids is 1. The Morgan fingerprint density at radius 2 is 1.87 bits per heavy atom. The van der Waals surface area contributed by atoms with E-state index in [1.165, 1.54) is 13.2 Å². The van der Waals surface area contributed by atoms with Gasteiger partial charge in [0, 0.05) is 19.0 Å². The largest absolute Gasteiger partial charge is 0.550 e. The van der Waals surface area contributed by atoms with Crippen LogP contribution in [0.1, 0.15) is 18.4 Å². The zero-order valence-electron chi connectivity index (χ0n) is 12.0. The first-order chi connectivity index (χ1) is 10.6. The molecule has 5 nitrogen and oxygen atoms in total. The summed E-state index contributed by atoms with van der Waals surface area (Å²) in [4.78, 5) is 10.2. The Morgan fingerprint density at radius 3 is 2.35 bits per heavy atom. The van der Waals surface area contributed by atoms with E-state index in [0.717, 1.165) is 12.1 Å². The van der Waals surface area contributed by atoms with Gasteiger partial charge in [-0.25, -0.2) is 8.42 Å². The first-order valence-electron chi connectivity index (χ1n) is 6.72. The number of sulfone groups is 1. The molecule has 3 atom stereocenters. The Hall–Kier alpha value is -1.61. The molecule has 1 aromatic rings.